The molecule has 9 heteroatoms. The second kappa shape index (κ2) is 5.98. The molecule has 1 aromatic carbocycles. The molecule has 0 aliphatic carbocycles. The van der Waals surface area contributed by atoms with E-state index in [4.69, 9.17) is 0 Å². The lowest BCUT2D eigenvalue weighted by molar-refractivity contribution is 0.270. The monoisotopic (exact) mass is 386 g/mol. The van der Waals surface area contributed by atoms with E-state index in [1.54, 1.807) is 24.3 Å². The van der Waals surface area contributed by atoms with E-state index in [0.717, 1.165) is 0 Å². The first kappa shape index (κ1) is 15.4. The van der Waals surface area contributed by atoms with E-state index in [2.05, 4.69) is 26.1 Å². The maximum absolute atomic E-state index is 12.7. The zero-order chi connectivity index (χ0) is 15.7. The zero-order valence-corrected chi connectivity index (χ0v) is 14.0. The van der Waals surface area contributed by atoms with Crippen molar-refractivity contribution in [1.82, 2.24) is 19.1 Å². The Hall–Kier alpha value is -1.45. The Kier molecular flexibility index (Phi) is 4.20. The van der Waals surface area contributed by atoms with Gasteiger partial charge in [-0.3, -0.25) is 4.57 Å². The van der Waals surface area contributed by atoms with E-state index in [0.29, 0.717) is 30.4 Å². The molecule has 3 rings (SSSR count). The van der Waals surface area contributed by atoms with E-state index in [1.807, 2.05) is 0 Å². The lowest BCUT2D eigenvalue weighted by Crippen LogP contribution is -2.40. The van der Waals surface area contributed by atoms with Crippen molar-refractivity contribution >= 4 is 26.0 Å². The summed E-state index contributed by atoms with van der Waals surface area (Å²) in [6, 6.07) is 6.77. The highest BCUT2D eigenvalue weighted by molar-refractivity contribution is 9.10. The Morgan fingerprint density at radius 3 is 2.50 bits per heavy atom. The molecule has 2 aromatic rings. The van der Waals surface area contributed by atoms with Crippen molar-refractivity contribution in [3.8, 4) is 0 Å². The van der Waals surface area contributed by atoms with Crippen molar-refractivity contribution in [1.29, 1.82) is 0 Å². The minimum absolute atomic E-state index is 0.0167. The van der Waals surface area contributed by atoms with Crippen molar-refractivity contribution in [2.24, 2.45) is 0 Å². The number of aromatic nitrogens is 3. The number of piperidine rings is 1. The minimum Gasteiger partial charge on any atom is -0.279 e. The first-order valence-electron chi connectivity index (χ1n) is 6.86. The number of rotatable bonds is 3. The fraction of sp³-hybridized carbons (Fsp3) is 0.385. The molecule has 1 saturated heterocycles. The summed E-state index contributed by atoms with van der Waals surface area (Å²) in [4.78, 5) is 11.8. The van der Waals surface area contributed by atoms with Crippen molar-refractivity contribution in [2.75, 3.05) is 13.1 Å². The molecule has 118 valence electrons. The van der Waals surface area contributed by atoms with E-state index in [9.17, 15) is 13.2 Å². The first-order valence-corrected chi connectivity index (χ1v) is 9.09. The minimum atomic E-state index is -3.52. The molecule has 1 fully saturated rings. The summed E-state index contributed by atoms with van der Waals surface area (Å²) in [5.41, 5.74) is -0.257. The molecular weight excluding hydrogens is 372 g/mol. The van der Waals surface area contributed by atoms with Crippen LogP contribution >= 0.6 is 15.9 Å². The van der Waals surface area contributed by atoms with Crippen LogP contribution < -0.4 is 5.69 Å². The third-order valence-electron chi connectivity index (χ3n) is 3.85. The van der Waals surface area contributed by atoms with E-state index in [-0.39, 0.29) is 16.6 Å². The number of hydrogen-bond donors (Lipinski definition) is 1. The highest BCUT2D eigenvalue weighted by Gasteiger charge is 2.31. The second-order valence-electron chi connectivity index (χ2n) is 5.13. The van der Waals surface area contributed by atoms with Crippen LogP contribution in [0.1, 0.15) is 18.9 Å². The first-order chi connectivity index (χ1) is 10.5. The largest absolute Gasteiger partial charge is 0.343 e. The normalized spacial score (nSPS) is 17.7. The Balaban J connectivity index is 1.78. The molecule has 22 heavy (non-hydrogen) atoms. The summed E-state index contributed by atoms with van der Waals surface area (Å²) in [7, 11) is -3.52. The summed E-state index contributed by atoms with van der Waals surface area (Å²) in [6.45, 7) is 0.762. The van der Waals surface area contributed by atoms with Crippen LogP contribution in [0, 0.1) is 0 Å². The second-order valence-corrected chi connectivity index (χ2v) is 7.90. The zero-order valence-electron chi connectivity index (χ0n) is 11.6. The summed E-state index contributed by atoms with van der Waals surface area (Å²) in [5, 5.41) is 6.07. The molecule has 1 aliphatic rings. The highest BCUT2D eigenvalue weighted by Crippen LogP contribution is 2.29. The van der Waals surface area contributed by atoms with Gasteiger partial charge in [0.05, 0.1) is 4.90 Å². The molecule has 7 nitrogen and oxygen atoms in total. The van der Waals surface area contributed by atoms with Crippen LogP contribution in [0.3, 0.4) is 0 Å². The fourth-order valence-electron chi connectivity index (χ4n) is 2.67. The van der Waals surface area contributed by atoms with Crippen LogP contribution in [0.4, 0.5) is 0 Å². The molecular formula is C13H15BrN4O3S. The quantitative estimate of drug-likeness (QED) is 0.862. The third kappa shape index (κ3) is 2.75. The molecule has 1 aromatic heterocycles. The molecule has 0 atom stereocenters. The topological polar surface area (TPSA) is 88.1 Å². The van der Waals surface area contributed by atoms with Gasteiger partial charge in [-0.25, -0.2) is 18.3 Å². The Morgan fingerprint density at radius 1 is 1.23 bits per heavy atom. The summed E-state index contributed by atoms with van der Waals surface area (Å²) >= 11 is 3.29. The number of hydrogen-bond acceptors (Lipinski definition) is 4. The molecule has 0 unspecified atom stereocenters. The Morgan fingerprint density at radius 2 is 1.91 bits per heavy atom. The number of H-pyrrole nitrogens is 1. The third-order valence-corrected chi connectivity index (χ3v) is 6.76. The summed E-state index contributed by atoms with van der Waals surface area (Å²) in [5.74, 6) is 0. The van der Waals surface area contributed by atoms with Crippen LogP contribution in [0.15, 0.2) is 44.8 Å². The Labute approximate surface area is 136 Å². The molecule has 2 heterocycles. The van der Waals surface area contributed by atoms with Crippen molar-refractivity contribution in [3.05, 3.63) is 45.5 Å². The van der Waals surface area contributed by atoms with Gasteiger partial charge in [-0.1, -0.05) is 12.1 Å². The molecule has 0 amide bonds. The number of nitrogens with zero attached hydrogens (tertiary/aromatic N) is 3. The van der Waals surface area contributed by atoms with Gasteiger partial charge in [0.15, 0.2) is 0 Å². The van der Waals surface area contributed by atoms with Crippen LogP contribution in [0.5, 0.6) is 0 Å². The fourth-order valence-corrected chi connectivity index (χ4v) is 5.10. The predicted octanol–water partition coefficient (Wildman–Crippen LogP) is 1.36. The van der Waals surface area contributed by atoms with Crippen LogP contribution in [-0.4, -0.2) is 40.6 Å². The van der Waals surface area contributed by atoms with Gasteiger partial charge in [0.25, 0.3) is 0 Å². The van der Waals surface area contributed by atoms with E-state index < -0.39 is 10.0 Å². The molecule has 0 spiro atoms. The molecule has 0 radical (unpaired) electrons. The van der Waals surface area contributed by atoms with Crippen LogP contribution in [-0.2, 0) is 10.0 Å². The van der Waals surface area contributed by atoms with Gasteiger partial charge in [0.2, 0.25) is 10.0 Å². The number of sulfonamides is 1. The van der Waals surface area contributed by atoms with Crippen molar-refractivity contribution in [3.63, 3.8) is 0 Å². The van der Waals surface area contributed by atoms with Crippen LogP contribution in [0.2, 0.25) is 0 Å². The predicted molar refractivity (Wildman–Crippen MR) is 84.0 cm³/mol. The number of aromatic amines is 1. The maximum atomic E-state index is 12.7. The smallest absolute Gasteiger partial charge is 0.279 e. The van der Waals surface area contributed by atoms with Gasteiger partial charge < -0.3 is 0 Å². The molecule has 1 aliphatic heterocycles. The number of halogens is 1. The van der Waals surface area contributed by atoms with Gasteiger partial charge in [0, 0.05) is 23.6 Å². The van der Waals surface area contributed by atoms with Crippen molar-refractivity contribution < 1.29 is 8.42 Å². The van der Waals surface area contributed by atoms with Gasteiger partial charge in [0.1, 0.15) is 6.33 Å². The van der Waals surface area contributed by atoms with Gasteiger partial charge in [-0.05, 0) is 40.9 Å². The van der Waals surface area contributed by atoms with Gasteiger partial charge in [-0.15, -0.1) is 0 Å². The van der Waals surface area contributed by atoms with Gasteiger partial charge >= 0.3 is 5.69 Å². The Bertz CT molecular complexity index is 822. The SMILES string of the molecule is O=c1[nH]ncn1C1CCN(S(=O)(=O)c2ccccc2Br)CC1. The van der Waals surface area contributed by atoms with E-state index in [1.165, 1.54) is 15.2 Å². The molecule has 1 N–H and O–H groups in total. The summed E-state index contributed by atoms with van der Waals surface area (Å²) < 4.78 is 28.9. The van der Waals surface area contributed by atoms with Crippen LogP contribution in [0.25, 0.3) is 0 Å². The molecule has 0 saturated carbocycles. The number of nitrogens with one attached hydrogen (secondary N) is 1. The molecule has 0 bridgehead atoms. The summed E-state index contributed by atoms with van der Waals surface area (Å²) in [6.07, 6.45) is 2.64. The average molecular weight is 387 g/mol. The van der Waals surface area contributed by atoms with Gasteiger partial charge in [-0.2, -0.15) is 9.40 Å². The lowest BCUT2D eigenvalue weighted by Gasteiger charge is -2.31. The average Bonchev–Trinajstić information content (AvgIpc) is 2.94. The lowest BCUT2D eigenvalue weighted by atomic mass is 10.1. The highest BCUT2D eigenvalue weighted by atomic mass is 79.9. The number of benzene rings is 1. The standard InChI is InChI=1S/C13H15BrN4O3S/c14-11-3-1-2-4-12(11)22(20,21)17-7-5-10(6-8-17)18-9-15-16-13(18)19/h1-4,9-10H,5-8H2,(H,16,19). The maximum Gasteiger partial charge on any atom is 0.343 e. The van der Waals surface area contributed by atoms with E-state index >= 15 is 0 Å². The van der Waals surface area contributed by atoms with Crippen molar-refractivity contribution in [2.45, 2.75) is 23.8 Å².